The van der Waals surface area contributed by atoms with E-state index in [1.807, 2.05) is 0 Å². The molecule has 1 rings (SSSR count). The molecular formula is C9H5BrF6. The third kappa shape index (κ3) is 3.13. The molecule has 0 N–H and O–H groups in total. The van der Waals surface area contributed by atoms with Crippen LogP contribution in [0.4, 0.5) is 26.3 Å². The highest BCUT2D eigenvalue weighted by Gasteiger charge is 2.57. The average Bonchev–Trinajstić information content (AvgIpc) is 1.97. The van der Waals surface area contributed by atoms with Crippen LogP contribution in [0.15, 0.2) is 28.7 Å². The van der Waals surface area contributed by atoms with Gasteiger partial charge < -0.3 is 0 Å². The van der Waals surface area contributed by atoms with Crippen LogP contribution in [0.25, 0.3) is 0 Å². The Morgan fingerprint density at radius 1 is 0.938 bits per heavy atom. The number of benzene rings is 1. The fraction of sp³-hybridized carbons (Fsp3) is 0.333. The zero-order valence-corrected chi connectivity index (χ0v) is 9.12. The molecule has 0 bridgehead atoms. The first-order chi connectivity index (χ1) is 7.12. The summed E-state index contributed by atoms with van der Waals surface area (Å²) < 4.78 is 74.0. The summed E-state index contributed by atoms with van der Waals surface area (Å²) in [5, 5.41) is 0. The van der Waals surface area contributed by atoms with Crippen molar-refractivity contribution in [2.75, 3.05) is 0 Å². The molecule has 0 aliphatic rings. The van der Waals surface area contributed by atoms with Crippen LogP contribution in [0.2, 0.25) is 0 Å². The van der Waals surface area contributed by atoms with Crippen molar-refractivity contribution < 1.29 is 26.3 Å². The number of hydrogen-bond donors (Lipinski definition) is 0. The van der Waals surface area contributed by atoms with Gasteiger partial charge in [0, 0.05) is 4.47 Å². The van der Waals surface area contributed by atoms with E-state index < -0.39 is 23.8 Å². The van der Waals surface area contributed by atoms with Gasteiger partial charge in [0.25, 0.3) is 0 Å². The van der Waals surface area contributed by atoms with E-state index in [4.69, 9.17) is 0 Å². The van der Waals surface area contributed by atoms with Gasteiger partial charge in [-0.05, 0) is 17.7 Å². The van der Waals surface area contributed by atoms with Crippen LogP contribution in [-0.2, 0) is 0 Å². The topological polar surface area (TPSA) is 0 Å². The second-order valence-corrected chi connectivity index (χ2v) is 3.99. The molecule has 0 unspecified atom stereocenters. The summed E-state index contributed by atoms with van der Waals surface area (Å²) in [6, 6.07) is 4.10. The molecule has 1 aromatic carbocycles. The van der Waals surface area contributed by atoms with E-state index in [0.717, 1.165) is 18.2 Å². The lowest BCUT2D eigenvalue weighted by Gasteiger charge is -2.23. The molecule has 0 saturated heterocycles. The normalized spacial score (nSPS) is 13.2. The van der Waals surface area contributed by atoms with Gasteiger partial charge in [-0.25, -0.2) is 0 Å². The van der Waals surface area contributed by atoms with Crippen LogP contribution in [-0.4, -0.2) is 12.4 Å². The summed E-state index contributed by atoms with van der Waals surface area (Å²) in [6.45, 7) is 0. The van der Waals surface area contributed by atoms with Crippen LogP contribution in [0, 0.1) is 0 Å². The molecule has 0 amide bonds. The highest BCUT2D eigenvalue weighted by Crippen LogP contribution is 2.46. The molecule has 0 spiro atoms. The zero-order valence-electron chi connectivity index (χ0n) is 7.53. The molecule has 0 aliphatic heterocycles. The summed E-state index contributed by atoms with van der Waals surface area (Å²) in [5.74, 6) is -3.45. The third-order valence-electron chi connectivity index (χ3n) is 1.84. The minimum Gasteiger partial charge on any atom is -0.170 e. The van der Waals surface area contributed by atoms with Crippen molar-refractivity contribution in [1.29, 1.82) is 0 Å². The molecule has 0 aromatic heterocycles. The van der Waals surface area contributed by atoms with Crippen molar-refractivity contribution in [1.82, 2.24) is 0 Å². The van der Waals surface area contributed by atoms with Crippen molar-refractivity contribution in [2.45, 2.75) is 18.3 Å². The molecule has 0 nitrogen and oxygen atoms in total. The van der Waals surface area contributed by atoms with E-state index in [-0.39, 0.29) is 4.47 Å². The predicted octanol–water partition coefficient (Wildman–Crippen LogP) is 4.66. The van der Waals surface area contributed by atoms with Gasteiger partial charge in [-0.1, -0.05) is 28.1 Å². The molecule has 1 aromatic rings. The summed E-state index contributed by atoms with van der Waals surface area (Å²) in [6.07, 6.45) is -10.7. The van der Waals surface area contributed by atoms with E-state index in [1.54, 1.807) is 0 Å². The van der Waals surface area contributed by atoms with Crippen LogP contribution >= 0.6 is 15.9 Å². The van der Waals surface area contributed by atoms with E-state index in [9.17, 15) is 26.3 Å². The fourth-order valence-electron chi connectivity index (χ4n) is 1.25. The minimum atomic E-state index is -5.35. The molecule has 0 fully saturated rings. The Morgan fingerprint density at radius 3 is 1.81 bits per heavy atom. The highest BCUT2D eigenvalue weighted by molar-refractivity contribution is 9.10. The summed E-state index contributed by atoms with van der Waals surface area (Å²) in [5.41, 5.74) is -0.825. The van der Waals surface area contributed by atoms with E-state index in [1.165, 1.54) is 6.07 Å². The minimum absolute atomic E-state index is 0.170. The second-order valence-electron chi connectivity index (χ2n) is 3.07. The molecule has 0 heterocycles. The van der Waals surface area contributed by atoms with E-state index in [0.29, 0.717) is 0 Å². The van der Waals surface area contributed by atoms with E-state index >= 15 is 0 Å². The number of alkyl halides is 6. The number of hydrogen-bond acceptors (Lipinski definition) is 0. The maximum Gasteiger partial charge on any atom is 0.404 e. The molecule has 0 saturated carbocycles. The van der Waals surface area contributed by atoms with Crippen LogP contribution in [0.1, 0.15) is 11.5 Å². The predicted molar refractivity (Wildman–Crippen MR) is 49.0 cm³/mol. The van der Waals surface area contributed by atoms with E-state index in [2.05, 4.69) is 15.9 Å². The largest absolute Gasteiger partial charge is 0.404 e. The van der Waals surface area contributed by atoms with Crippen LogP contribution in [0.5, 0.6) is 0 Å². The van der Waals surface area contributed by atoms with Gasteiger partial charge in [0.05, 0.1) is 0 Å². The standard InChI is InChI=1S/C9H5BrF6/c10-6-3-1-2-5(4-6)7(8(11,12)13)9(14,15)16/h1-4,7H. The zero-order chi connectivity index (χ0) is 12.6. The average molecular weight is 307 g/mol. The summed E-state index contributed by atoms with van der Waals surface area (Å²) >= 11 is 2.83. The summed E-state index contributed by atoms with van der Waals surface area (Å²) in [7, 11) is 0. The lowest BCUT2D eigenvalue weighted by molar-refractivity contribution is -0.253. The van der Waals surface area contributed by atoms with Crippen molar-refractivity contribution in [2.24, 2.45) is 0 Å². The first kappa shape index (κ1) is 13.3. The molecular weight excluding hydrogens is 302 g/mol. The fourth-order valence-corrected chi connectivity index (χ4v) is 1.67. The maximum absolute atomic E-state index is 12.3. The first-order valence-electron chi connectivity index (χ1n) is 4.01. The third-order valence-corrected chi connectivity index (χ3v) is 2.33. The van der Waals surface area contributed by atoms with Crippen molar-refractivity contribution in [3.05, 3.63) is 34.3 Å². The maximum atomic E-state index is 12.3. The van der Waals surface area contributed by atoms with Gasteiger partial charge >= 0.3 is 12.4 Å². The second kappa shape index (κ2) is 4.27. The van der Waals surface area contributed by atoms with Gasteiger partial charge in [0.1, 0.15) is 0 Å². The Kier molecular flexibility index (Phi) is 3.56. The molecule has 90 valence electrons. The van der Waals surface area contributed by atoms with Crippen molar-refractivity contribution in [3.8, 4) is 0 Å². The van der Waals surface area contributed by atoms with Crippen LogP contribution < -0.4 is 0 Å². The van der Waals surface area contributed by atoms with Gasteiger partial charge in [0.2, 0.25) is 0 Å². The first-order valence-corrected chi connectivity index (χ1v) is 4.80. The number of halogens is 7. The lowest BCUT2D eigenvalue weighted by Crippen LogP contribution is -2.34. The van der Waals surface area contributed by atoms with Gasteiger partial charge in [-0.3, -0.25) is 0 Å². The number of rotatable bonds is 1. The highest BCUT2D eigenvalue weighted by atomic mass is 79.9. The Hall–Kier alpha value is -0.720. The van der Waals surface area contributed by atoms with Gasteiger partial charge in [0.15, 0.2) is 5.92 Å². The Bertz CT molecular complexity index is 353. The quantitative estimate of drug-likeness (QED) is 0.662. The lowest BCUT2D eigenvalue weighted by atomic mass is 9.98. The molecule has 0 aliphatic carbocycles. The molecule has 0 radical (unpaired) electrons. The van der Waals surface area contributed by atoms with Crippen molar-refractivity contribution in [3.63, 3.8) is 0 Å². The monoisotopic (exact) mass is 306 g/mol. The molecule has 7 heteroatoms. The molecule has 16 heavy (non-hydrogen) atoms. The van der Waals surface area contributed by atoms with Crippen molar-refractivity contribution >= 4 is 15.9 Å². The summed E-state index contributed by atoms with van der Waals surface area (Å²) in [4.78, 5) is 0. The van der Waals surface area contributed by atoms with Gasteiger partial charge in [-0.2, -0.15) is 26.3 Å². The SMILES string of the molecule is FC(F)(F)C(c1cccc(Br)c1)C(F)(F)F. The van der Waals surface area contributed by atoms with Gasteiger partial charge in [-0.15, -0.1) is 0 Å². The Balaban J connectivity index is 3.23. The Morgan fingerprint density at radius 2 is 1.44 bits per heavy atom. The smallest absolute Gasteiger partial charge is 0.170 e. The Labute approximate surface area is 95.4 Å². The van der Waals surface area contributed by atoms with Crippen LogP contribution in [0.3, 0.4) is 0 Å². The molecule has 0 atom stereocenters.